The van der Waals surface area contributed by atoms with E-state index in [1.54, 1.807) is 29.5 Å². The van der Waals surface area contributed by atoms with Gasteiger partial charge in [-0.25, -0.2) is 9.78 Å². The van der Waals surface area contributed by atoms with E-state index in [1.165, 1.54) is 6.07 Å². The number of nitrogens with zero attached hydrogens (tertiary/aromatic N) is 4. The average molecular weight is 348 g/mol. The second kappa shape index (κ2) is 6.29. The number of fused-ring (bicyclic) bond motifs is 1. The van der Waals surface area contributed by atoms with Gasteiger partial charge in [-0.15, -0.1) is 21.6 Å². The van der Waals surface area contributed by atoms with Crippen molar-refractivity contribution in [3.05, 3.63) is 71.7 Å². The highest BCUT2D eigenvalue weighted by Crippen LogP contribution is 2.35. The van der Waals surface area contributed by atoms with Gasteiger partial charge in [0, 0.05) is 6.20 Å². The minimum absolute atomic E-state index is 0.109. The quantitative estimate of drug-likeness (QED) is 0.516. The van der Waals surface area contributed by atoms with E-state index in [0.717, 1.165) is 16.2 Å². The topological polar surface area (TPSA) is 79.3 Å². The molecule has 0 bridgehead atoms. The second-order valence-corrected chi connectivity index (χ2v) is 6.16. The molecule has 0 radical (unpaired) electrons. The van der Waals surface area contributed by atoms with Gasteiger partial charge in [-0.3, -0.25) is 4.40 Å². The Morgan fingerprint density at radius 2 is 1.88 bits per heavy atom. The fourth-order valence-corrected chi connectivity index (χ4v) is 3.21. The van der Waals surface area contributed by atoms with Crippen LogP contribution in [-0.4, -0.2) is 20.5 Å². The van der Waals surface area contributed by atoms with E-state index >= 15 is 0 Å². The lowest BCUT2D eigenvalue weighted by Gasteiger charge is -2.00. The van der Waals surface area contributed by atoms with Crippen molar-refractivity contribution in [1.29, 1.82) is 0 Å². The summed E-state index contributed by atoms with van der Waals surface area (Å²) >= 11 is 1.56. The first-order valence-electron chi connectivity index (χ1n) is 7.49. The molecule has 3 heterocycles. The molecule has 0 aliphatic carbocycles. The summed E-state index contributed by atoms with van der Waals surface area (Å²) in [5.74, 6) is -0.468. The van der Waals surface area contributed by atoms with Crippen molar-refractivity contribution in [2.75, 3.05) is 0 Å². The molecule has 122 valence electrons. The number of carbonyl (C=O) groups is 1. The highest BCUT2D eigenvalue weighted by atomic mass is 32.1. The van der Waals surface area contributed by atoms with Crippen LogP contribution in [-0.2, 0) is 0 Å². The number of carboxylic acid groups (broad SMARTS) is 1. The molecule has 0 atom stereocenters. The summed E-state index contributed by atoms with van der Waals surface area (Å²) in [6.45, 7) is 0. The smallest absolute Gasteiger partial charge is 0.337 e. The van der Waals surface area contributed by atoms with Gasteiger partial charge < -0.3 is 5.11 Å². The Bertz CT molecular complexity index is 1080. The van der Waals surface area contributed by atoms with Gasteiger partial charge in [0.1, 0.15) is 17.0 Å². The largest absolute Gasteiger partial charge is 0.478 e. The van der Waals surface area contributed by atoms with Crippen LogP contribution in [0.5, 0.6) is 0 Å². The predicted octanol–water partition coefficient (Wildman–Crippen LogP) is 5.18. The van der Waals surface area contributed by atoms with Crippen LogP contribution >= 0.6 is 11.3 Å². The third-order valence-electron chi connectivity index (χ3n) is 3.65. The third kappa shape index (κ3) is 2.81. The Kier molecular flexibility index (Phi) is 3.83. The van der Waals surface area contributed by atoms with Gasteiger partial charge in [0.2, 0.25) is 0 Å². The molecule has 3 aromatic heterocycles. The van der Waals surface area contributed by atoms with Crippen molar-refractivity contribution in [2.24, 2.45) is 10.2 Å². The van der Waals surface area contributed by atoms with Crippen molar-refractivity contribution >= 4 is 34.5 Å². The van der Waals surface area contributed by atoms with E-state index in [2.05, 4.69) is 15.2 Å². The van der Waals surface area contributed by atoms with Crippen LogP contribution in [0.25, 0.3) is 16.2 Å². The summed E-state index contributed by atoms with van der Waals surface area (Å²) in [5.41, 5.74) is 1.89. The number of thiophene rings is 1. The first-order chi connectivity index (χ1) is 12.2. The Balaban J connectivity index is 1.87. The van der Waals surface area contributed by atoms with E-state index in [-0.39, 0.29) is 5.56 Å². The molecule has 0 saturated carbocycles. The van der Waals surface area contributed by atoms with Crippen LogP contribution in [0.4, 0.5) is 11.5 Å². The van der Waals surface area contributed by atoms with Crippen molar-refractivity contribution in [1.82, 2.24) is 9.38 Å². The molecule has 0 aliphatic rings. The van der Waals surface area contributed by atoms with Crippen molar-refractivity contribution in [3.63, 3.8) is 0 Å². The van der Waals surface area contributed by atoms with Crippen molar-refractivity contribution < 1.29 is 9.90 Å². The number of hydrogen-bond acceptors (Lipinski definition) is 5. The number of hydrogen-bond donors (Lipinski definition) is 1. The standard InChI is InChI=1S/C18H12N4O2S/c23-18(24)12-6-1-2-7-13(12)20-21-17-16(14-8-5-11-25-14)19-15-9-3-4-10-22(15)17/h1-11H,(H,23,24). The third-order valence-corrected chi connectivity index (χ3v) is 4.52. The van der Waals surface area contributed by atoms with Gasteiger partial charge in [0.25, 0.3) is 0 Å². The van der Waals surface area contributed by atoms with Gasteiger partial charge in [-0.05, 0) is 35.7 Å². The highest BCUT2D eigenvalue weighted by Gasteiger charge is 2.15. The van der Waals surface area contributed by atoms with E-state index in [9.17, 15) is 9.90 Å². The number of benzene rings is 1. The van der Waals surface area contributed by atoms with E-state index < -0.39 is 5.97 Å². The van der Waals surface area contributed by atoms with Crippen molar-refractivity contribution in [3.8, 4) is 10.6 Å². The number of pyridine rings is 1. The first-order valence-corrected chi connectivity index (χ1v) is 8.37. The SMILES string of the molecule is O=C(O)c1ccccc1N=Nc1c(-c2cccs2)nc2ccccn12. The van der Waals surface area contributed by atoms with Crippen LogP contribution in [0.2, 0.25) is 0 Å². The molecule has 1 N–H and O–H groups in total. The molecule has 0 unspecified atom stereocenters. The number of carboxylic acids is 1. The molecule has 0 saturated heterocycles. The normalized spacial score (nSPS) is 11.4. The molecule has 6 nitrogen and oxygen atoms in total. The molecule has 0 spiro atoms. The van der Waals surface area contributed by atoms with Gasteiger partial charge in [0.05, 0.1) is 10.4 Å². The minimum Gasteiger partial charge on any atom is -0.478 e. The maximum absolute atomic E-state index is 11.3. The van der Waals surface area contributed by atoms with Crippen LogP contribution in [0.1, 0.15) is 10.4 Å². The lowest BCUT2D eigenvalue weighted by atomic mass is 10.2. The maximum Gasteiger partial charge on any atom is 0.337 e. The second-order valence-electron chi connectivity index (χ2n) is 5.21. The Morgan fingerprint density at radius 1 is 1.04 bits per heavy atom. The molecule has 0 aliphatic heterocycles. The van der Waals surface area contributed by atoms with Crippen LogP contribution < -0.4 is 0 Å². The summed E-state index contributed by atoms with van der Waals surface area (Å²) in [6.07, 6.45) is 1.86. The Labute approximate surface area is 146 Å². The summed E-state index contributed by atoms with van der Waals surface area (Å²) in [4.78, 5) is 16.9. The predicted molar refractivity (Wildman–Crippen MR) is 96.1 cm³/mol. The lowest BCUT2D eigenvalue weighted by Crippen LogP contribution is -1.95. The monoisotopic (exact) mass is 348 g/mol. The van der Waals surface area contributed by atoms with E-state index in [4.69, 9.17) is 0 Å². The summed E-state index contributed by atoms with van der Waals surface area (Å²) in [6, 6.07) is 16.1. The zero-order valence-electron chi connectivity index (χ0n) is 12.9. The number of azo groups is 1. The highest BCUT2D eigenvalue weighted by molar-refractivity contribution is 7.13. The summed E-state index contributed by atoms with van der Waals surface area (Å²) < 4.78 is 1.84. The first kappa shape index (κ1) is 15.2. The van der Waals surface area contributed by atoms with Crippen molar-refractivity contribution in [2.45, 2.75) is 0 Å². The zero-order chi connectivity index (χ0) is 17.2. The number of aromatic carboxylic acids is 1. The molecular weight excluding hydrogens is 336 g/mol. The summed E-state index contributed by atoms with van der Waals surface area (Å²) in [7, 11) is 0. The lowest BCUT2D eigenvalue weighted by molar-refractivity contribution is 0.0697. The Hall–Kier alpha value is -3.32. The van der Waals surface area contributed by atoms with E-state index in [1.807, 2.05) is 46.3 Å². The summed E-state index contributed by atoms with van der Waals surface area (Å²) in [5, 5.41) is 19.8. The fraction of sp³-hybridized carbons (Fsp3) is 0. The Morgan fingerprint density at radius 3 is 2.68 bits per heavy atom. The molecule has 4 rings (SSSR count). The van der Waals surface area contributed by atoms with E-state index in [0.29, 0.717) is 11.5 Å². The molecule has 1 aromatic carbocycles. The number of rotatable bonds is 4. The molecule has 7 heteroatoms. The molecule has 25 heavy (non-hydrogen) atoms. The van der Waals surface area contributed by atoms with Crippen LogP contribution in [0.15, 0.2) is 76.4 Å². The van der Waals surface area contributed by atoms with Crippen LogP contribution in [0.3, 0.4) is 0 Å². The van der Waals surface area contributed by atoms with Gasteiger partial charge in [-0.1, -0.05) is 24.3 Å². The van der Waals surface area contributed by atoms with Gasteiger partial charge >= 0.3 is 5.97 Å². The maximum atomic E-state index is 11.3. The van der Waals surface area contributed by atoms with Gasteiger partial charge in [0.15, 0.2) is 5.82 Å². The molecule has 4 aromatic rings. The number of aromatic nitrogens is 2. The van der Waals surface area contributed by atoms with Crippen LogP contribution in [0, 0.1) is 0 Å². The molecule has 0 amide bonds. The zero-order valence-corrected chi connectivity index (χ0v) is 13.7. The fourth-order valence-electron chi connectivity index (χ4n) is 2.50. The minimum atomic E-state index is -1.04. The average Bonchev–Trinajstić information content (AvgIpc) is 3.27. The number of imidazole rings is 1. The molecule has 0 fully saturated rings. The van der Waals surface area contributed by atoms with Gasteiger partial charge in [-0.2, -0.15) is 0 Å². The molecular formula is C18H12N4O2S.